The van der Waals surface area contributed by atoms with Crippen LogP contribution in [0.1, 0.15) is 11.1 Å². The Labute approximate surface area is 196 Å². The molecule has 31 heavy (non-hydrogen) atoms. The van der Waals surface area contributed by atoms with Crippen molar-refractivity contribution in [2.24, 2.45) is 0 Å². The van der Waals surface area contributed by atoms with E-state index in [1.54, 1.807) is 42.5 Å². The average molecular weight is 498 g/mol. The number of carbonyl (C=O) groups is 1. The second-order valence-corrected chi connectivity index (χ2v) is 9.96. The number of hydrogen-bond donors (Lipinski definition) is 1. The van der Waals surface area contributed by atoms with Crippen LogP contribution in [0.2, 0.25) is 15.1 Å². The largest absolute Gasteiger partial charge is 0.324 e. The molecule has 3 rings (SSSR count). The van der Waals surface area contributed by atoms with Crippen molar-refractivity contribution in [3.63, 3.8) is 0 Å². The Morgan fingerprint density at radius 2 is 1.61 bits per heavy atom. The van der Waals surface area contributed by atoms with E-state index in [1.165, 1.54) is 18.2 Å². The summed E-state index contributed by atoms with van der Waals surface area (Å²) in [5.74, 6) is -0.563. The third kappa shape index (κ3) is 5.33. The highest BCUT2D eigenvalue weighted by Crippen LogP contribution is 2.35. The molecule has 0 bridgehead atoms. The first kappa shape index (κ1) is 23.4. The molecule has 0 aliphatic heterocycles. The molecule has 9 heteroatoms. The van der Waals surface area contributed by atoms with Gasteiger partial charge in [0, 0.05) is 10.7 Å². The van der Waals surface area contributed by atoms with Crippen molar-refractivity contribution in [1.82, 2.24) is 0 Å². The molecule has 0 atom stereocenters. The lowest BCUT2D eigenvalue weighted by molar-refractivity contribution is -0.114. The maximum Gasteiger partial charge on any atom is 0.264 e. The minimum Gasteiger partial charge on any atom is -0.324 e. The minimum atomic E-state index is -4.11. The second-order valence-electron chi connectivity index (χ2n) is 6.91. The number of nitrogens with one attached hydrogen (secondary N) is 1. The number of nitrogens with zero attached hydrogens (tertiary/aromatic N) is 1. The highest BCUT2D eigenvalue weighted by atomic mass is 35.5. The molecule has 0 saturated heterocycles. The van der Waals surface area contributed by atoms with E-state index in [0.29, 0.717) is 10.7 Å². The molecule has 0 unspecified atom stereocenters. The Morgan fingerprint density at radius 3 is 2.26 bits per heavy atom. The zero-order valence-corrected chi connectivity index (χ0v) is 19.8. The number of sulfonamides is 1. The minimum absolute atomic E-state index is 0.0281. The fourth-order valence-corrected chi connectivity index (χ4v) is 4.88. The van der Waals surface area contributed by atoms with Gasteiger partial charge in [0.1, 0.15) is 6.54 Å². The molecular formula is C22H19Cl3N2O3S. The molecule has 1 N–H and O–H groups in total. The van der Waals surface area contributed by atoms with E-state index < -0.39 is 22.5 Å². The van der Waals surface area contributed by atoms with Crippen LogP contribution in [0.5, 0.6) is 0 Å². The smallest absolute Gasteiger partial charge is 0.264 e. The van der Waals surface area contributed by atoms with Crippen molar-refractivity contribution < 1.29 is 13.2 Å². The molecule has 0 aromatic heterocycles. The summed E-state index contributed by atoms with van der Waals surface area (Å²) < 4.78 is 27.8. The Hall–Kier alpha value is -2.25. The van der Waals surface area contributed by atoms with Crippen molar-refractivity contribution in [2.45, 2.75) is 18.7 Å². The Morgan fingerprint density at radius 1 is 0.935 bits per heavy atom. The molecule has 5 nitrogen and oxygen atoms in total. The number of hydrogen-bond acceptors (Lipinski definition) is 3. The van der Waals surface area contributed by atoms with E-state index in [2.05, 4.69) is 5.32 Å². The molecule has 0 heterocycles. The van der Waals surface area contributed by atoms with Gasteiger partial charge in [0.15, 0.2) is 0 Å². The molecule has 0 radical (unpaired) electrons. The van der Waals surface area contributed by atoms with Crippen molar-refractivity contribution in [3.8, 4) is 0 Å². The first-order chi connectivity index (χ1) is 14.6. The lowest BCUT2D eigenvalue weighted by Gasteiger charge is -2.25. The Balaban J connectivity index is 1.99. The van der Waals surface area contributed by atoms with Gasteiger partial charge in [-0.05, 0) is 55.8 Å². The zero-order valence-electron chi connectivity index (χ0n) is 16.7. The second kappa shape index (κ2) is 9.49. The van der Waals surface area contributed by atoms with Gasteiger partial charge in [0.05, 0.1) is 20.6 Å². The quantitative estimate of drug-likeness (QED) is 0.447. The summed E-state index contributed by atoms with van der Waals surface area (Å²) in [6.45, 7) is 3.18. The molecule has 0 spiro atoms. The molecule has 0 aliphatic rings. The Kier molecular flexibility index (Phi) is 7.17. The lowest BCUT2D eigenvalue weighted by Crippen LogP contribution is -2.38. The summed E-state index contributed by atoms with van der Waals surface area (Å²) in [6, 6.07) is 16.0. The first-order valence-corrected chi connectivity index (χ1v) is 11.8. The van der Waals surface area contributed by atoms with Crippen LogP contribution in [-0.2, 0) is 14.8 Å². The molecule has 0 fully saturated rings. The van der Waals surface area contributed by atoms with Gasteiger partial charge < -0.3 is 5.32 Å². The summed E-state index contributed by atoms with van der Waals surface area (Å²) in [6.07, 6.45) is 0. The molecule has 162 valence electrons. The summed E-state index contributed by atoms with van der Waals surface area (Å²) in [5.41, 5.74) is 2.31. The number of halogens is 3. The van der Waals surface area contributed by atoms with Crippen LogP contribution in [0.15, 0.2) is 65.6 Å². The van der Waals surface area contributed by atoms with E-state index in [0.717, 1.165) is 15.4 Å². The maximum absolute atomic E-state index is 13.4. The van der Waals surface area contributed by atoms with Gasteiger partial charge in [0.2, 0.25) is 5.91 Å². The highest BCUT2D eigenvalue weighted by molar-refractivity contribution is 7.92. The van der Waals surface area contributed by atoms with Crippen LogP contribution in [0.4, 0.5) is 11.4 Å². The van der Waals surface area contributed by atoms with Crippen LogP contribution in [0.3, 0.4) is 0 Å². The van der Waals surface area contributed by atoms with E-state index >= 15 is 0 Å². The van der Waals surface area contributed by atoms with Crippen LogP contribution in [0, 0.1) is 13.8 Å². The van der Waals surface area contributed by atoms with Gasteiger partial charge in [-0.1, -0.05) is 64.6 Å². The fraction of sp³-hybridized carbons (Fsp3) is 0.136. The molecule has 3 aromatic carbocycles. The third-order valence-electron chi connectivity index (χ3n) is 4.55. The van der Waals surface area contributed by atoms with Crippen LogP contribution >= 0.6 is 34.8 Å². The average Bonchev–Trinajstić information content (AvgIpc) is 2.71. The fourth-order valence-electron chi connectivity index (χ4n) is 2.82. The predicted molar refractivity (Wildman–Crippen MR) is 127 cm³/mol. The molecule has 1 amide bonds. The van der Waals surface area contributed by atoms with E-state index in [1.807, 2.05) is 13.8 Å². The number of benzene rings is 3. The van der Waals surface area contributed by atoms with Gasteiger partial charge in [-0.25, -0.2) is 8.42 Å². The molecule has 0 saturated carbocycles. The Bertz CT molecular complexity index is 1230. The summed E-state index contributed by atoms with van der Waals surface area (Å²) in [5, 5.41) is 3.37. The van der Waals surface area contributed by atoms with Crippen molar-refractivity contribution in [2.75, 3.05) is 16.2 Å². The van der Waals surface area contributed by atoms with Gasteiger partial charge in [-0.2, -0.15) is 0 Å². The maximum atomic E-state index is 13.4. The van der Waals surface area contributed by atoms with Crippen molar-refractivity contribution >= 4 is 62.1 Å². The highest BCUT2D eigenvalue weighted by Gasteiger charge is 2.29. The molecular weight excluding hydrogens is 479 g/mol. The van der Waals surface area contributed by atoms with Crippen LogP contribution in [-0.4, -0.2) is 20.9 Å². The molecule has 0 aliphatic carbocycles. The number of carbonyl (C=O) groups excluding carboxylic acids is 1. The van der Waals surface area contributed by atoms with Crippen LogP contribution in [0.25, 0.3) is 0 Å². The van der Waals surface area contributed by atoms with Crippen molar-refractivity contribution in [1.29, 1.82) is 0 Å². The van der Waals surface area contributed by atoms with Gasteiger partial charge in [-0.3, -0.25) is 9.10 Å². The van der Waals surface area contributed by atoms with E-state index in [9.17, 15) is 13.2 Å². The topological polar surface area (TPSA) is 66.5 Å². The SMILES string of the molecule is Cc1ccc(S(=O)(=O)N(CC(=O)Nc2ccc(C)c(Cl)c2)c2cccc(Cl)c2Cl)cc1. The predicted octanol–water partition coefficient (Wildman–Crippen LogP) is 6.10. The number of amides is 1. The van der Waals surface area contributed by atoms with Gasteiger partial charge >= 0.3 is 0 Å². The van der Waals surface area contributed by atoms with Crippen molar-refractivity contribution in [3.05, 3.63) is 86.9 Å². The number of rotatable bonds is 6. The van der Waals surface area contributed by atoms with Gasteiger partial charge in [0.25, 0.3) is 10.0 Å². The van der Waals surface area contributed by atoms with Gasteiger partial charge in [-0.15, -0.1) is 0 Å². The normalized spacial score (nSPS) is 11.3. The number of aryl methyl sites for hydroxylation is 2. The lowest BCUT2D eigenvalue weighted by atomic mass is 10.2. The molecule has 3 aromatic rings. The monoisotopic (exact) mass is 496 g/mol. The van der Waals surface area contributed by atoms with E-state index in [-0.39, 0.29) is 20.6 Å². The van der Waals surface area contributed by atoms with E-state index in [4.69, 9.17) is 34.8 Å². The summed E-state index contributed by atoms with van der Waals surface area (Å²) in [7, 11) is -4.11. The zero-order chi connectivity index (χ0) is 22.8. The number of anilines is 2. The summed E-state index contributed by atoms with van der Waals surface area (Å²) >= 11 is 18.5. The third-order valence-corrected chi connectivity index (χ3v) is 7.54. The van der Waals surface area contributed by atoms with Crippen LogP contribution < -0.4 is 9.62 Å². The first-order valence-electron chi connectivity index (χ1n) is 9.19. The summed E-state index contributed by atoms with van der Waals surface area (Å²) in [4.78, 5) is 12.8. The standard InChI is InChI=1S/C22H19Cl3N2O3S/c1-14-6-10-17(11-7-14)31(29,30)27(20-5-3-4-18(23)22(20)25)13-21(28)26-16-9-8-15(2)19(24)12-16/h3-12H,13H2,1-2H3,(H,26,28).